The van der Waals surface area contributed by atoms with Crippen molar-refractivity contribution in [2.75, 3.05) is 26.4 Å². The summed E-state index contributed by atoms with van der Waals surface area (Å²) >= 11 is 0. The van der Waals surface area contributed by atoms with E-state index in [0.717, 1.165) is 168 Å². The van der Waals surface area contributed by atoms with E-state index in [1.54, 1.807) is 31.2 Å². The highest BCUT2D eigenvalue weighted by atomic mass is 19.2. The summed E-state index contributed by atoms with van der Waals surface area (Å²) < 4.78 is 57.6. The number of carbonyl (C=O) groups excluding carboxylic acids is 4. The molecule has 91 heavy (non-hydrogen) atoms. The first-order valence-electron chi connectivity index (χ1n) is 34.2. The predicted molar refractivity (Wildman–Crippen MR) is 364 cm³/mol. The van der Waals surface area contributed by atoms with Crippen LogP contribution in [0.1, 0.15) is 193 Å². The fourth-order valence-electron chi connectivity index (χ4n) is 16.7. The number of esters is 2. The van der Waals surface area contributed by atoms with Crippen molar-refractivity contribution in [1.29, 1.82) is 0 Å². The maximum absolute atomic E-state index is 19.8. The van der Waals surface area contributed by atoms with Crippen LogP contribution in [0.5, 0.6) is 5.75 Å². The molecule has 8 aromatic rings. The second kappa shape index (κ2) is 26.4. The van der Waals surface area contributed by atoms with E-state index in [2.05, 4.69) is 73.7 Å². The van der Waals surface area contributed by atoms with Crippen molar-refractivity contribution in [3.63, 3.8) is 0 Å². The first-order valence-corrected chi connectivity index (χ1v) is 34.2. The molecule has 470 valence electrons. The Balaban J connectivity index is 0.849. The number of Topliss-reactive ketones (excluding diaryl/α,β-unsaturated/α-hetero) is 1. The van der Waals surface area contributed by atoms with E-state index >= 15 is 8.63 Å². The van der Waals surface area contributed by atoms with Gasteiger partial charge < -0.3 is 31.7 Å². The van der Waals surface area contributed by atoms with Gasteiger partial charge in [-0.2, -0.15) is 0 Å². The van der Waals surface area contributed by atoms with Crippen molar-refractivity contribution in [1.82, 2.24) is 4.48 Å². The monoisotopic (exact) mass is 1220 g/mol. The number of ether oxygens (including phenoxy) is 3. The lowest BCUT2D eigenvalue weighted by molar-refractivity contribution is -0.682. The number of rotatable bonds is 16. The number of aldehydes is 1. The van der Waals surface area contributed by atoms with Crippen LogP contribution in [0.15, 0.2) is 144 Å². The van der Waals surface area contributed by atoms with Gasteiger partial charge in [0.1, 0.15) is 24.3 Å². The lowest BCUT2D eigenvalue weighted by Crippen LogP contribution is -2.60. The Labute approximate surface area is 534 Å². The highest BCUT2D eigenvalue weighted by molar-refractivity contribution is 6.59. The summed E-state index contributed by atoms with van der Waals surface area (Å²) in [5.74, 6) is -0.560. The molecular formula is C79H85BF2N2O7. The number of fused-ring (bicyclic) bond motifs is 7. The van der Waals surface area contributed by atoms with Crippen LogP contribution < -0.4 is 4.74 Å². The molecule has 2 unspecified atom stereocenters. The van der Waals surface area contributed by atoms with E-state index in [9.17, 15) is 19.2 Å². The first kappa shape index (κ1) is 62.0. The Bertz CT molecular complexity index is 4210. The molecule has 3 aliphatic heterocycles. The third-order valence-corrected chi connectivity index (χ3v) is 20.9. The molecule has 9 nitrogen and oxygen atoms in total. The summed E-state index contributed by atoms with van der Waals surface area (Å²) in [7, 11) is 0. The van der Waals surface area contributed by atoms with Gasteiger partial charge in [0.2, 0.25) is 0 Å². The largest absolute Gasteiger partial charge is 0.666 e. The minimum absolute atomic E-state index is 0.0126. The lowest BCUT2D eigenvalue weighted by Gasteiger charge is -2.45. The van der Waals surface area contributed by atoms with Crippen LogP contribution in [0.3, 0.4) is 0 Å². The molecule has 2 atom stereocenters. The maximum atomic E-state index is 19.8. The third kappa shape index (κ3) is 11.2. The molecule has 1 spiro atoms. The van der Waals surface area contributed by atoms with Crippen LogP contribution in [0.25, 0.3) is 65.9 Å². The Morgan fingerprint density at radius 3 is 1.91 bits per heavy atom. The standard InChI is InChI=1S/C79H85BF2N2O7/c1-4-89-51-54(50-85)49-70-60-28-18-14-10-6-7-11-15-19-29-67(60)77-76(78-68-30-20-16-12-8-9-13-17-21-35-69(68)79(47-46-72(87)90-5-2)52-84(78,79)80(81,82)83(70)77)59-43-40-57(48-53(59)3)55-38-41-58(42-39-55)91-73(88)37-25-36-71(86)61-44-45-66-64-32-23-27-56-26-22-31-63(74(56)64)65-34-24-33-62(61)75(65)66/h22-24,26-27,31-34,38-50H,4-21,25,28-30,35-37,51-52H2,1-3H3/b47-46+,54-49-. The summed E-state index contributed by atoms with van der Waals surface area (Å²) in [4.78, 5) is 54.0. The van der Waals surface area contributed by atoms with Gasteiger partial charge in [0, 0.05) is 59.2 Å². The van der Waals surface area contributed by atoms with Crippen molar-refractivity contribution in [3.05, 3.63) is 183 Å². The topological polar surface area (TPSA) is 101 Å². The first-order chi connectivity index (χ1) is 44.4. The molecule has 0 radical (unpaired) electrons. The van der Waals surface area contributed by atoms with Crippen LogP contribution in [0.2, 0.25) is 0 Å². The molecule has 1 fully saturated rings. The summed E-state index contributed by atoms with van der Waals surface area (Å²) in [6, 6.07) is 36.8. The van der Waals surface area contributed by atoms with E-state index in [-0.39, 0.29) is 38.4 Å². The van der Waals surface area contributed by atoms with Gasteiger partial charge in [-0.1, -0.05) is 174 Å². The molecule has 1 saturated heterocycles. The van der Waals surface area contributed by atoms with Crippen LogP contribution in [-0.2, 0) is 36.7 Å². The van der Waals surface area contributed by atoms with Crippen molar-refractivity contribution in [2.24, 2.45) is 0 Å². The van der Waals surface area contributed by atoms with Gasteiger partial charge in [0.25, 0.3) is 0 Å². The minimum Gasteiger partial charge on any atom is -0.463 e. The van der Waals surface area contributed by atoms with E-state index in [1.807, 2.05) is 37.3 Å². The molecular weight excluding hydrogens is 1140 g/mol. The average Bonchev–Trinajstić information content (AvgIpc) is 1.44. The number of aromatic nitrogens is 1. The van der Waals surface area contributed by atoms with E-state index < -0.39 is 28.8 Å². The van der Waals surface area contributed by atoms with Crippen LogP contribution in [-0.4, -0.2) is 71.8 Å². The number of carbonyl (C=O) groups is 4. The number of allylic oxidation sites excluding steroid dienone is 1. The van der Waals surface area contributed by atoms with E-state index in [4.69, 9.17) is 14.2 Å². The number of nitrogens with zero attached hydrogens (tertiary/aromatic N) is 2. The fourth-order valence-corrected chi connectivity index (χ4v) is 16.7. The molecule has 13 rings (SSSR count). The number of hydrogen-bond donors (Lipinski definition) is 0. The average molecular weight is 1220 g/mol. The molecule has 4 heterocycles. The quantitative estimate of drug-likeness (QED) is 0.0109. The third-order valence-electron chi connectivity index (χ3n) is 20.9. The second-order valence-electron chi connectivity index (χ2n) is 26.4. The van der Waals surface area contributed by atoms with Crippen molar-refractivity contribution in [2.45, 2.75) is 174 Å². The van der Waals surface area contributed by atoms with Gasteiger partial charge >= 0.3 is 18.9 Å². The van der Waals surface area contributed by atoms with Gasteiger partial charge in [-0.25, -0.2) is 4.79 Å². The van der Waals surface area contributed by atoms with Crippen molar-refractivity contribution >= 4 is 85.7 Å². The van der Waals surface area contributed by atoms with Gasteiger partial charge in [-0.05, 0) is 179 Å². The Hall–Kier alpha value is -7.80. The van der Waals surface area contributed by atoms with E-state index in [1.165, 1.54) is 44.9 Å². The normalized spacial score (nSPS) is 20.7. The lowest BCUT2D eigenvalue weighted by atomic mass is 9.79. The van der Waals surface area contributed by atoms with Crippen LogP contribution >= 0.6 is 0 Å². The summed E-state index contributed by atoms with van der Waals surface area (Å²) in [6.07, 6.45) is 25.4. The molecule has 0 saturated carbocycles. The molecule has 5 aliphatic rings. The Kier molecular flexibility index (Phi) is 18.0. The highest BCUT2D eigenvalue weighted by Crippen LogP contribution is 2.71. The SMILES string of the molecule is CCOC/C(C=O)=C\c1c2c(c3n1[B-](F)(F)[N+]14CC1(/C=C/C(=O)OCC)C1=C(CCCCCCCCCC1)C4=C3c1ccc(-c3ccc(OC(=O)CCCC(=O)c4ccc5c6cccc7cccc(c8cccc4c85)c76)cc3)cc1C)CCCCCCCCCC2. The van der Waals surface area contributed by atoms with Crippen molar-refractivity contribution < 1.29 is 46.4 Å². The number of hydrogen-bond acceptors (Lipinski definition) is 7. The van der Waals surface area contributed by atoms with Gasteiger partial charge in [0.15, 0.2) is 11.3 Å². The molecule has 0 bridgehead atoms. The number of benzene rings is 7. The van der Waals surface area contributed by atoms with Gasteiger partial charge in [-0.3, -0.25) is 14.4 Å². The van der Waals surface area contributed by atoms with Crippen LogP contribution in [0.4, 0.5) is 8.63 Å². The molecule has 1 aromatic heterocycles. The zero-order chi connectivity index (χ0) is 62.9. The molecule has 12 heteroatoms. The van der Waals surface area contributed by atoms with Gasteiger partial charge in [-0.15, -0.1) is 0 Å². The zero-order valence-corrected chi connectivity index (χ0v) is 53.4. The number of ketones is 1. The Morgan fingerprint density at radius 1 is 0.648 bits per heavy atom. The molecule has 7 aromatic carbocycles. The molecule has 2 aliphatic carbocycles. The zero-order valence-electron chi connectivity index (χ0n) is 53.4. The summed E-state index contributed by atoms with van der Waals surface area (Å²) in [5.41, 5.74) is 9.93. The predicted octanol–water partition coefficient (Wildman–Crippen LogP) is 19.2. The molecule has 0 N–H and O–H groups in total. The minimum atomic E-state index is -4.56. The summed E-state index contributed by atoms with van der Waals surface area (Å²) in [5, 5.41) is 9.00. The Morgan fingerprint density at radius 2 is 1.25 bits per heavy atom. The number of aryl methyl sites for hydroxylation is 1. The fraction of sp³-hybridized carbons (Fsp3) is 0.392. The van der Waals surface area contributed by atoms with Crippen molar-refractivity contribution in [3.8, 4) is 16.9 Å². The highest BCUT2D eigenvalue weighted by Gasteiger charge is 2.84. The molecule has 0 amide bonds. The smallest absolute Gasteiger partial charge is 0.463 e. The number of halogens is 2. The van der Waals surface area contributed by atoms with Crippen LogP contribution in [0, 0.1) is 6.92 Å². The number of quaternary nitrogens is 1. The maximum Gasteiger partial charge on any atom is 0.666 e. The second-order valence-corrected chi connectivity index (χ2v) is 26.4. The summed E-state index contributed by atoms with van der Waals surface area (Å²) in [6.45, 7) is 1.85. The van der Waals surface area contributed by atoms with Gasteiger partial charge in [0.05, 0.1) is 18.8 Å². The van der Waals surface area contributed by atoms with E-state index in [0.29, 0.717) is 72.7 Å².